The molecule has 25 heavy (non-hydrogen) atoms. The molecule has 1 amide bonds. The van der Waals surface area contributed by atoms with Crippen LogP contribution in [0.25, 0.3) is 0 Å². The molecular weight excluding hydrogens is 357 g/mol. The lowest BCUT2D eigenvalue weighted by molar-refractivity contribution is -0.119. The maximum Gasteiger partial charge on any atom is 0.341 e. The number of hydrogen-bond donors (Lipinski definition) is 1. The van der Waals surface area contributed by atoms with Crippen LogP contribution in [-0.4, -0.2) is 29.2 Å². The highest BCUT2D eigenvalue weighted by molar-refractivity contribution is 7.99. The predicted molar refractivity (Wildman–Crippen MR) is 86.1 cm³/mol. The number of rotatable bonds is 6. The van der Waals surface area contributed by atoms with Gasteiger partial charge >= 0.3 is 5.97 Å². The average Bonchev–Trinajstić information content (AvgIpc) is 2.56. The van der Waals surface area contributed by atoms with E-state index in [1.54, 1.807) is 6.92 Å². The highest BCUT2D eigenvalue weighted by atomic mass is 32.2. The lowest BCUT2D eigenvalue weighted by atomic mass is 10.2. The fraction of sp³-hybridized carbons (Fsp3) is 0.188. The van der Waals surface area contributed by atoms with Crippen molar-refractivity contribution in [1.29, 1.82) is 0 Å². The third kappa shape index (κ3) is 5.49. The van der Waals surface area contributed by atoms with E-state index in [1.165, 1.54) is 30.5 Å². The fourth-order valence-electron chi connectivity index (χ4n) is 1.80. The highest BCUT2D eigenvalue weighted by Gasteiger charge is 2.18. The third-order valence-corrected chi connectivity index (χ3v) is 3.71. The minimum Gasteiger partial charge on any atom is -0.452 e. The van der Waals surface area contributed by atoms with E-state index in [1.807, 2.05) is 0 Å². The summed E-state index contributed by atoms with van der Waals surface area (Å²) >= 11 is 0.106. The Morgan fingerprint density at radius 1 is 1.32 bits per heavy atom. The number of benzene rings is 1. The van der Waals surface area contributed by atoms with Crippen molar-refractivity contribution < 1.29 is 27.5 Å². The molecule has 0 spiro atoms. The zero-order chi connectivity index (χ0) is 18.4. The molecule has 1 aromatic heterocycles. The zero-order valence-corrected chi connectivity index (χ0v) is 13.8. The first-order chi connectivity index (χ1) is 11.9. The smallest absolute Gasteiger partial charge is 0.341 e. The Bertz CT molecular complexity index is 787. The van der Waals surface area contributed by atoms with Gasteiger partial charge in [-0.25, -0.2) is 14.2 Å². The molecule has 0 aliphatic rings. The van der Waals surface area contributed by atoms with Crippen molar-refractivity contribution in [1.82, 2.24) is 4.98 Å². The lowest BCUT2D eigenvalue weighted by Gasteiger charge is -2.09. The topological polar surface area (TPSA) is 68.3 Å². The van der Waals surface area contributed by atoms with Crippen molar-refractivity contribution in [3.8, 4) is 0 Å². The van der Waals surface area contributed by atoms with Gasteiger partial charge < -0.3 is 10.1 Å². The van der Waals surface area contributed by atoms with Gasteiger partial charge in [0.2, 0.25) is 0 Å². The molecular formula is C16H13F3N2O3S. The second kappa shape index (κ2) is 8.52. The van der Waals surface area contributed by atoms with Crippen LogP contribution in [0.5, 0.6) is 0 Å². The van der Waals surface area contributed by atoms with Gasteiger partial charge in [-0.3, -0.25) is 4.79 Å². The molecule has 1 heterocycles. The highest BCUT2D eigenvalue weighted by Crippen LogP contribution is 2.26. The minimum absolute atomic E-state index is 0.106. The largest absolute Gasteiger partial charge is 0.452 e. The summed E-state index contributed by atoms with van der Waals surface area (Å²) in [6.45, 7) is 0.924. The second-order valence-electron chi connectivity index (χ2n) is 4.82. The molecule has 0 aliphatic heterocycles. The first kappa shape index (κ1) is 18.8. The lowest BCUT2D eigenvalue weighted by Crippen LogP contribution is -2.21. The van der Waals surface area contributed by atoms with Crippen molar-refractivity contribution in [3.05, 3.63) is 53.5 Å². The van der Waals surface area contributed by atoms with Gasteiger partial charge in [-0.15, -0.1) is 0 Å². The Balaban J connectivity index is 1.95. The quantitative estimate of drug-likeness (QED) is 0.621. The van der Waals surface area contributed by atoms with Crippen LogP contribution in [0.3, 0.4) is 0 Å². The summed E-state index contributed by atoms with van der Waals surface area (Å²) in [5.74, 6) is -4.88. The molecule has 2 aromatic rings. The van der Waals surface area contributed by atoms with Crippen LogP contribution in [0.15, 0.2) is 41.6 Å². The number of alkyl halides is 2. The molecule has 1 N–H and O–H groups in total. The molecule has 0 atom stereocenters. The number of hydrogen-bond acceptors (Lipinski definition) is 5. The number of nitrogens with zero attached hydrogens (tertiary/aromatic N) is 1. The molecule has 0 bridgehead atoms. The summed E-state index contributed by atoms with van der Waals surface area (Å²) in [7, 11) is 0. The molecule has 2 rings (SSSR count). The van der Waals surface area contributed by atoms with E-state index < -0.39 is 30.1 Å². The molecule has 0 fully saturated rings. The van der Waals surface area contributed by atoms with Gasteiger partial charge in [0.05, 0.1) is 5.56 Å². The summed E-state index contributed by atoms with van der Waals surface area (Å²) < 4.78 is 43.1. The SMILES string of the molecule is Cc1ccc(NC(=O)COC(=O)c2cccnc2SC(F)F)cc1F. The molecule has 0 unspecified atom stereocenters. The minimum atomic E-state index is -2.75. The third-order valence-electron chi connectivity index (χ3n) is 2.98. The van der Waals surface area contributed by atoms with E-state index in [0.717, 1.165) is 6.07 Å². The van der Waals surface area contributed by atoms with E-state index in [-0.39, 0.29) is 28.0 Å². The van der Waals surface area contributed by atoms with Gasteiger partial charge in [-0.2, -0.15) is 8.78 Å². The summed E-state index contributed by atoms with van der Waals surface area (Å²) in [5, 5.41) is 2.18. The molecule has 0 saturated carbocycles. The number of amides is 1. The van der Waals surface area contributed by atoms with Crippen molar-refractivity contribution in [2.75, 3.05) is 11.9 Å². The van der Waals surface area contributed by atoms with E-state index in [0.29, 0.717) is 5.56 Å². The van der Waals surface area contributed by atoms with Crippen molar-refractivity contribution >= 4 is 29.3 Å². The van der Waals surface area contributed by atoms with Crippen molar-refractivity contribution in [3.63, 3.8) is 0 Å². The van der Waals surface area contributed by atoms with Gasteiger partial charge in [0.15, 0.2) is 6.61 Å². The normalized spacial score (nSPS) is 10.6. The Morgan fingerprint density at radius 2 is 2.08 bits per heavy atom. The number of pyridine rings is 1. The van der Waals surface area contributed by atoms with Crippen LogP contribution in [0.1, 0.15) is 15.9 Å². The Hall–Kier alpha value is -2.55. The predicted octanol–water partition coefficient (Wildman–Crippen LogP) is 3.64. The maximum absolute atomic E-state index is 13.4. The van der Waals surface area contributed by atoms with E-state index in [9.17, 15) is 22.8 Å². The van der Waals surface area contributed by atoms with Gasteiger partial charge in [-0.1, -0.05) is 6.07 Å². The standard InChI is InChI=1S/C16H13F3N2O3S/c1-9-4-5-10(7-12(9)17)21-13(22)8-24-15(23)11-3-2-6-20-14(11)25-16(18)19/h2-7,16H,8H2,1H3,(H,21,22). The number of aryl methyl sites for hydroxylation is 1. The van der Waals surface area contributed by atoms with Crippen LogP contribution in [-0.2, 0) is 9.53 Å². The number of anilines is 1. The van der Waals surface area contributed by atoms with Gasteiger partial charge in [-0.05, 0) is 48.5 Å². The number of esters is 1. The van der Waals surface area contributed by atoms with Crippen LogP contribution in [0.2, 0.25) is 0 Å². The van der Waals surface area contributed by atoms with Gasteiger partial charge in [0, 0.05) is 11.9 Å². The van der Waals surface area contributed by atoms with Crippen LogP contribution in [0, 0.1) is 12.7 Å². The molecule has 0 aliphatic carbocycles. The number of carbonyl (C=O) groups excluding carboxylic acids is 2. The van der Waals surface area contributed by atoms with Crippen LogP contribution in [0.4, 0.5) is 18.9 Å². The maximum atomic E-state index is 13.4. The summed E-state index contributed by atoms with van der Waals surface area (Å²) in [4.78, 5) is 27.4. The summed E-state index contributed by atoms with van der Waals surface area (Å²) in [6, 6.07) is 6.78. The Labute approximate surface area is 145 Å². The number of thioether (sulfide) groups is 1. The number of halogens is 3. The zero-order valence-electron chi connectivity index (χ0n) is 13.0. The number of carbonyl (C=O) groups is 2. The Morgan fingerprint density at radius 3 is 2.76 bits per heavy atom. The molecule has 0 radical (unpaired) electrons. The second-order valence-corrected chi connectivity index (χ2v) is 5.80. The molecule has 0 saturated heterocycles. The van der Waals surface area contributed by atoms with Gasteiger partial charge in [0.25, 0.3) is 11.7 Å². The molecule has 132 valence electrons. The summed E-state index contributed by atoms with van der Waals surface area (Å²) in [6.07, 6.45) is 1.26. The monoisotopic (exact) mass is 370 g/mol. The summed E-state index contributed by atoms with van der Waals surface area (Å²) in [5.41, 5.74) is 0.464. The Kier molecular flexibility index (Phi) is 6.40. The molecule has 1 aromatic carbocycles. The fourth-order valence-corrected chi connectivity index (χ4v) is 2.37. The average molecular weight is 370 g/mol. The van der Waals surface area contributed by atoms with E-state index in [4.69, 9.17) is 4.74 Å². The first-order valence-corrected chi connectivity index (χ1v) is 7.87. The van der Waals surface area contributed by atoms with E-state index in [2.05, 4.69) is 10.3 Å². The van der Waals surface area contributed by atoms with Crippen LogP contribution >= 0.6 is 11.8 Å². The van der Waals surface area contributed by atoms with E-state index >= 15 is 0 Å². The number of nitrogens with one attached hydrogen (secondary N) is 1. The first-order valence-electron chi connectivity index (χ1n) is 7.00. The van der Waals surface area contributed by atoms with Crippen LogP contribution < -0.4 is 5.32 Å². The molecule has 5 nitrogen and oxygen atoms in total. The number of ether oxygens (including phenoxy) is 1. The van der Waals surface area contributed by atoms with Gasteiger partial charge in [0.1, 0.15) is 10.8 Å². The molecule has 9 heteroatoms. The van der Waals surface area contributed by atoms with Crippen molar-refractivity contribution in [2.24, 2.45) is 0 Å². The number of aromatic nitrogens is 1. The van der Waals surface area contributed by atoms with Crippen molar-refractivity contribution in [2.45, 2.75) is 17.7 Å².